The van der Waals surface area contributed by atoms with Crippen molar-refractivity contribution in [3.05, 3.63) is 18.0 Å². The Morgan fingerprint density at radius 3 is 3.15 bits per heavy atom. The number of rotatable bonds is 5. The van der Waals surface area contributed by atoms with Crippen molar-refractivity contribution in [1.82, 2.24) is 15.8 Å². The average molecular weight is 296 g/mol. The van der Waals surface area contributed by atoms with Crippen LogP contribution in [0, 0.1) is 0 Å². The number of nitrogens with zero attached hydrogens (tertiary/aromatic N) is 2. The highest BCUT2D eigenvalue weighted by molar-refractivity contribution is 7.99. The van der Waals surface area contributed by atoms with Gasteiger partial charge in [0.25, 0.3) is 0 Å². The number of guanidine groups is 1. The van der Waals surface area contributed by atoms with Crippen molar-refractivity contribution in [3.8, 4) is 0 Å². The zero-order chi connectivity index (χ0) is 14.2. The summed E-state index contributed by atoms with van der Waals surface area (Å²) in [5.41, 5.74) is 0.885. The molecule has 6 heteroatoms. The van der Waals surface area contributed by atoms with E-state index in [9.17, 15) is 0 Å². The van der Waals surface area contributed by atoms with Crippen molar-refractivity contribution >= 4 is 17.7 Å². The third-order valence-electron chi connectivity index (χ3n) is 3.52. The van der Waals surface area contributed by atoms with E-state index in [1.54, 1.807) is 13.3 Å². The van der Waals surface area contributed by atoms with Crippen LogP contribution < -0.4 is 10.6 Å². The summed E-state index contributed by atoms with van der Waals surface area (Å²) in [7, 11) is 1.80. The zero-order valence-electron chi connectivity index (χ0n) is 12.3. The summed E-state index contributed by atoms with van der Waals surface area (Å²) in [6.45, 7) is 2.87. The fourth-order valence-electron chi connectivity index (χ4n) is 2.55. The highest BCUT2D eigenvalue weighted by atomic mass is 32.2. The van der Waals surface area contributed by atoms with Crippen LogP contribution in [0.25, 0.3) is 0 Å². The number of hydrogen-bond donors (Lipinski definition) is 2. The van der Waals surface area contributed by atoms with Gasteiger partial charge in [-0.05, 0) is 25.0 Å². The minimum absolute atomic E-state index is 0.524. The van der Waals surface area contributed by atoms with Gasteiger partial charge >= 0.3 is 0 Å². The predicted molar refractivity (Wildman–Crippen MR) is 84.0 cm³/mol. The van der Waals surface area contributed by atoms with E-state index in [2.05, 4.69) is 39.5 Å². The molecule has 5 nitrogen and oxygen atoms in total. The first-order valence-corrected chi connectivity index (χ1v) is 8.34. The molecule has 2 rings (SSSR count). The minimum atomic E-state index is 0.524. The normalized spacial score (nSPS) is 23.6. The summed E-state index contributed by atoms with van der Waals surface area (Å²) in [5, 5.41) is 11.5. The maximum Gasteiger partial charge on any atom is 0.191 e. The molecular weight excluding hydrogens is 272 g/mol. The molecule has 0 aromatic carbocycles. The summed E-state index contributed by atoms with van der Waals surface area (Å²) in [4.78, 5) is 4.28. The van der Waals surface area contributed by atoms with E-state index >= 15 is 0 Å². The van der Waals surface area contributed by atoms with Crippen LogP contribution in [0.5, 0.6) is 0 Å². The number of aliphatic imine (C=N–C) groups is 1. The largest absolute Gasteiger partial charge is 0.364 e. The second-order valence-electron chi connectivity index (χ2n) is 5.00. The quantitative estimate of drug-likeness (QED) is 0.645. The Morgan fingerprint density at radius 2 is 2.45 bits per heavy atom. The first kappa shape index (κ1) is 15.2. The van der Waals surface area contributed by atoms with Crippen molar-refractivity contribution in [1.29, 1.82) is 0 Å². The van der Waals surface area contributed by atoms with Gasteiger partial charge in [-0.2, -0.15) is 11.8 Å². The Balaban J connectivity index is 1.77. The molecule has 1 heterocycles. The van der Waals surface area contributed by atoms with Crippen LogP contribution in [0.4, 0.5) is 0 Å². The van der Waals surface area contributed by atoms with Crippen LogP contribution >= 0.6 is 11.8 Å². The molecule has 1 aliphatic rings. The SMILES string of the molecule is CCSC1CCCC(NC(=NC)NCc2ccon2)C1. The first-order valence-electron chi connectivity index (χ1n) is 7.29. The summed E-state index contributed by atoms with van der Waals surface area (Å²) < 4.78 is 4.82. The third-order valence-corrected chi connectivity index (χ3v) is 4.75. The monoisotopic (exact) mass is 296 g/mol. The fourth-order valence-corrected chi connectivity index (χ4v) is 3.73. The average Bonchev–Trinajstić information content (AvgIpc) is 2.97. The van der Waals surface area contributed by atoms with Gasteiger partial charge in [-0.25, -0.2) is 0 Å². The Labute approximate surface area is 125 Å². The second-order valence-corrected chi connectivity index (χ2v) is 6.58. The van der Waals surface area contributed by atoms with Gasteiger partial charge < -0.3 is 15.2 Å². The molecule has 2 atom stereocenters. The third kappa shape index (κ3) is 4.74. The van der Waals surface area contributed by atoms with Gasteiger partial charge in [-0.3, -0.25) is 4.99 Å². The van der Waals surface area contributed by atoms with Crippen molar-refractivity contribution in [2.45, 2.75) is 50.4 Å². The second kappa shape index (κ2) is 8.19. The molecule has 0 aliphatic heterocycles. The van der Waals surface area contributed by atoms with Crippen LogP contribution in [0.2, 0.25) is 0 Å². The molecule has 1 aliphatic carbocycles. The van der Waals surface area contributed by atoms with Crippen molar-refractivity contribution in [3.63, 3.8) is 0 Å². The molecule has 2 unspecified atom stereocenters. The summed E-state index contributed by atoms with van der Waals surface area (Å²) in [6.07, 6.45) is 6.69. The molecular formula is C14H24N4OS. The molecule has 20 heavy (non-hydrogen) atoms. The van der Waals surface area contributed by atoms with Crippen molar-refractivity contribution in [2.75, 3.05) is 12.8 Å². The van der Waals surface area contributed by atoms with E-state index in [4.69, 9.17) is 4.52 Å². The van der Waals surface area contributed by atoms with Crippen molar-refractivity contribution in [2.24, 2.45) is 4.99 Å². The van der Waals surface area contributed by atoms with Crippen LogP contribution in [-0.2, 0) is 6.54 Å². The molecule has 1 saturated carbocycles. The number of thioether (sulfide) groups is 1. The molecule has 1 fully saturated rings. The molecule has 1 aromatic heterocycles. The molecule has 0 saturated heterocycles. The fraction of sp³-hybridized carbons (Fsp3) is 0.714. The summed E-state index contributed by atoms with van der Waals surface area (Å²) in [5.74, 6) is 2.05. The van der Waals surface area contributed by atoms with Gasteiger partial charge in [0.2, 0.25) is 0 Å². The highest BCUT2D eigenvalue weighted by Crippen LogP contribution is 2.28. The number of hydrogen-bond acceptors (Lipinski definition) is 4. The van der Waals surface area contributed by atoms with E-state index in [-0.39, 0.29) is 0 Å². The smallest absolute Gasteiger partial charge is 0.191 e. The Bertz CT molecular complexity index is 405. The summed E-state index contributed by atoms with van der Waals surface area (Å²) in [6, 6.07) is 2.38. The van der Waals surface area contributed by atoms with Gasteiger partial charge in [0.05, 0.1) is 6.54 Å². The van der Waals surface area contributed by atoms with Gasteiger partial charge in [-0.15, -0.1) is 0 Å². The van der Waals surface area contributed by atoms with Gasteiger partial charge in [0.15, 0.2) is 5.96 Å². The Morgan fingerprint density at radius 1 is 1.55 bits per heavy atom. The lowest BCUT2D eigenvalue weighted by atomic mass is 9.95. The van der Waals surface area contributed by atoms with Crippen LogP contribution in [-0.4, -0.2) is 35.2 Å². The molecule has 0 radical (unpaired) electrons. The van der Waals surface area contributed by atoms with E-state index < -0.39 is 0 Å². The van der Waals surface area contributed by atoms with Crippen LogP contribution in [0.1, 0.15) is 38.3 Å². The number of aromatic nitrogens is 1. The lowest BCUT2D eigenvalue weighted by molar-refractivity contribution is 0.408. The zero-order valence-corrected chi connectivity index (χ0v) is 13.1. The number of nitrogens with one attached hydrogen (secondary N) is 2. The summed E-state index contributed by atoms with van der Waals surface area (Å²) >= 11 is 2.08. The van der Waals surface area contributed by atoms with Crippen LogP contribution in [0.3, 0.4) is 0 Å². The van der Waals surface area contributed by atoms with E-state index in [1.807, 2.05) is 6.07 Å². The maximum absolute atomic E-state index is 4.82. The van der Waals surface area contributed by atoms with Gasteiger partial charge in [-0.1, -0.05) is 18.5 Å². The maximum atomic E-state index is 4.82. The molecule has 2 N–H and O–H groups in total. The van der Waals surface area contributed by atoms with Crippen LogP contribution in [0.15, 0.2) is 21.8 Å². The predicted octanol–water partition coefficient (Wildman–Crippen LogP) is 2.40. The lowest BCUT2D eigenvalue weighted by Gasteiger charge is -2.30. The topological polar surface area (TPSA) is 62.5 Å². The van der Waals surface area contributed by atoms with E-state index in [0.717, 1.165) is 16.9 Å². The van der Waals surface area contributed by atoms with E-state index in [1.165, 1.54) is 31.4 Å². The molecule has 0 bridgehead atoms. The highest BCUT2D eigenvalue weighted by Gasteiger charge is 2.22. The molecule has 0 amide bonds. The van der Waals surface area contributed by atoms with Gasteiger partial charge in [0, 0.05) is 24.4 Å². The van der Waals surface area contributed by atoms with Gasteiger partial charge in [0.1, 0.15) is 12.0 Å². The lowest BCUT2D eigenvalue weighted by Crippen LogP contribution is -2.45. The molecule has 112 valence electrons. The van der Waals surface area contributed by atoms with Crippen molar-refractivity contribution < 1.29 is 4.52 Å². The standard InChI is InChI=1S/C14H24N4OS/c1-3-20-13-6-4-5-11(9-13)17-14(15-2)16-10-12-7-8-19-18-12/h7-8,11,13H,3-6,9-10H2,1-2H3,(H2,15,16,17). The van der Waals surface area contributed by atoms with E-state index in [0.29, 0.717) is 12.6 Å². The minimum Gasteiger partial charge on any atom is -0.364 e. The molecule has 0 spiro atoms. The first-order chi connectivity index (χ1) is 9.81. The Hall–Kier alpha value is -1.17. The molecule has 1 aromatic rings. The Kier molecular flexibility index (Phi) is 6.24.